The molecule has 8 heteroatoms. The first-order valence-corrected chi connectivity index (χ1v) is 13.8. The smallest absolute Gasteiger partial charge is 0.290 e. The fourth-order valence-corrected chi connectivity index (χ4v) is 4.93. The zero-order valence-corrected chi connectivity index (χ0v) is 23.7. The number of aryl methyl sites for hydroxylation is 2. The summed E-state index contributed by atoms with van der Waals surface area (Å²) in [7, 11) is 0. The first kappa shape index (κ1) is 29.0. The van der Waals surface area contributed by atoms with Crippen molar-refractivity contribution in [1.82, 2.24) is 9.80 Å². The van der Waals surface area contributed by atoms with Gasteiger partial charge in [-0.05, 0) is 81.4 Å². The zero-order valence-electron chi connectivity index (χ0n) is 23.7. The third-order valence-electron chi connectivity index (χ3n) is 7.18. The molecular formula is C32H38N2O6. The van der Waals surface area contributed by atoms with Gasteiger partial charge < -0.3 is 28.8 Å². The second-order valence-corrected chi connectivity index (χ2v) is 9.81. The van der Waals surface area contributed by atoms with Crippen molar-refractivity contribution in [2.45, 2.75) is 40.2 Å². The van der Waals surface area contributed by atoms with Crippen LogP contribution in [0.3, 0.4) is 0 Å². The Morgan fingerprint density at radius 2 is 1.68 bits per heavy atom. The summed E-state index contributed by atoms with van der Waals surface area (Å²) in [4.78, 5) is 30.5. The van der Waals surface area contributed by atoms with Crippen molar-refractivity contribution in [1.29, 1.82) is 0 Å². The van der Waals surface area contributed by atoms with Crippen molar-refractivity contribution in [3.05, 3.63) is 94.6 Å². The highest BCUT2D eigenvalue weighted by molar-refractivity contribution is 6.15. The summed E-state index contributed by atoms with van der Waals surface area (Å²) >= 11 is 0. The molecule has 1 atom stereocenters. The van der Waals surface area contributed by atoms with Crippen molar-refractivity contribution < 1.29 is 28.6 Å². The van der Waals surface area contributed by atoms with Crippen LogP contribution in [0.4, 0.5) is 0 Å². The Balaban J connectivity index is 1.50. The number of nitrogens with zero attached hydrogens (tertiary/aromatic N) is 2. The van der Waals surface area contributed by atoms with E-state index in [1.807, 2.05) is 43.3 Å². The fraction of sp³-hybridized carbons (Fsp3) is 0.375. The number of carbonyl (C=O) groups is 2. The highest BCUT2D eigenvalue weighted by Gasteiger charge is 2.44. The van der Waals surface area contributed by atoms with Gasteiger partial charge in [0.2, 0.25) is 5.78 Å². The number of ketones is 1. The minimum Gasteiger partial charge on any atom is -0.503 e. The maximum absolute atomic E-state index is 13.5. The number of carbonyl (C=O) groups excluding carboxylic acids is 2. The zero-order chi connectivity index (χ0) is 28.6. The van der Waals surface area contributed by atoms with Gasteiger partial charge in [-0.25, -0.2) is 0 Å². The fourth-order valence-electron chi connectivity index (χ4n) is 4.93. The second-order valence-electron chi connectivity index (χ2n) is 9.81. The summed E-state index contributed by atoms with van der Waals surface area (Å²) in [6.45, 7) is 11.7. The second kappa shape index (κ2) is 13.3. The molecule has 1 aliphatic heterocycles. The van der Waals surface area contributed by atoms with E-state index in [2.05, 4.69) is 18.7 Å². The molecule has 3 aromatic rings. The van der Waals surface area contributed by atoms with Crippen LogP contribution in [0.25, 0.3) is 0 Å². The predicted octanol–water partition coefficient (Wildman–Crippen LogP) is 5.66. The lowest BCUT2D eigenvalue weighted by Crippen LogP contribution is -2.34. The number of rotatable bonds is 14. The average Bonchev–Trinajstić information content (AvgIpc) is 3.51. The van der Waals surface area contributed by atoms with Crippen molar-refractivity contribution in [2.75, 3.05) is 39.4 Å². The number of aliphatic hydroxyl groups is 1. The molecule has 1 N–H and O–H groups in total. The van der Waals surface area contributed by atoms with Gasteiger partial charge in [0.05, 0.1) is 11.6 Å². The van der Waals surface area contributed by atoms with Crippen LogP contribution >= 0.6 is 0 Å². The number of amides is 1. The molecule has 212 valence electrons. The van der Waals surface area contributed by atoms with Gasteiger partial charge in [-0.3, -0.25) is 9.59 Å². The van der Waals surface area contributed by atoms with E-state index in [9.17, 15) is 14.7 Å². The maximum Gasteiger partial charge on any atom is 0.290 e. The monoisotopic (exact) mass is 546 g/mol. The Morgan fingerprint density at radius 3 is 2.33 bits per heavy atom. The first-order chi connectivity index (χ1) is 19.3. The van der Waals surface area contributed by atoms with E-state index >= 15 is 0 Å². The standard InChI is InChI=1S/C32H38N2O6/c1-5-33(6-2)18-9-19-34-29(28(31(36)32(34)37)30(35)27-17-12-23(4)40-27)24-13-15-25(16-14-24)38-20-21-39-26-11-8-7-10-22(26)3/h7-8,10-17,29,36H,5-6,9,18-21H2,1-4H3/t29-/m0/s1. The number of furan rings is 1. The maximum atomic E-state index is 13.5. The Morgan fingerprint density at radius 1 is 0.975 bits per heavy atom. The van der Waals surface area contributed by atoms with Gasteiger partial charge >= 0.3 is 0 Å². The lowest BCUT2D eigenvalue weighted by atomic mass is 9.95. The molecule has 40 heavy (non-hydrogen) atoms. The number of benzene rings is 2. The Kier molecular flexibility index (Phi) is 9.66. The Hall–Kier alpha value is -4.04. The van der Waals surface area contributed by atoms with E-state index in [4.69, 9.17) is 13.9 Å². The largest absolute Gasteiger partial charge is 0.503 e. The summed E-state index contributed by atoms with van der Waals surface area (Å²) in [5, 5.41) is 10.9. The Bertz CT molecular complexity index is 1340. The van der Waals surface area contributed by atoms with E-state index in [-0.39, 0.29) is 11.3 Å². The molecule has 0 bridgehead atoms. The molecular weight excluding hydrogens is 508 g/mol. The van der Waals surface area contributed by atoms with E-state index in [1.54, 1.807) is 36.1 Å². The molecule has 0 unspecified atom stereocenters. The molecule has 2 aromatic carbocycles. The molecule has 2 heterocycles. The molecule has 1 aromatic heterocycles. The molecule has 8 nitrogen and oxygen atoms in total. The summed E-state index contributed by atoms with van der Waals surface area (Å²) in [6.07, 6.45) is 0.709. The summed E-state index contributed by atoms with van der Waals surface area (Å²) in [6, 6.07) is 17.6. The van der Waals surface area contributed by atoms with Gasteiger partial charge in [0.25, 0.3) is 5.91 Å². The van der Waals surface area contributed by atoms with E-state index < -0.39 is 23.5 Å². The average molecular weight is 547 g/mol. The predicted molar refractivity (Wildman–Crippen MR) is 153 cm³/mol. The van der Waals surface area contributed by atoms with Crippen molar-refractivity contribution >= 4 is 11.7 Å². The van der Waals surface area contributed by atoms with Gasteiger partial charge in [-0.2, -0.15) is 0 Å². The third-order valence-corrected chi connectivity index (χ3v) is 7.18. The number of aliphatic hydroxyl groups excluding tert-OH is 1. The minimum absolute atomic E-state index is 0.0301. The highest BCUT2D eigenvalue weighted by atomic mass is 16.5. The first-order valence-electron chi connectivity index (χ1n) is 13.8. The van der Waals surface area contributed by atoms with Gasteiger partial charge in [-0.1, -0.05) is 44.2 Å². The minimum atomic E-state index is -0.736. The van der Waals surface area contributed by atoms with Crippen molar-refractivity contribution in [3.8, 4) is 11.5 Å². The number of Topliss-reactive ketones (excluding diaryl/α,β-unsaturated/α-hetero) is 1. The number of para-hydroxylation sites is 1. The van der Waals surface area contributed by atoms with Crippen LogP contribution in [0.15, 0.2) is 76.4 Å². The van der Waals surface area contributed by atoms with Crippen LogP contribution in [0.1, 0.15) is 53.8 Å². The van der Waals surface area contributed by atoms with Crippen LogP contribution in [-0.4, -0.2) is 66.0 Å². The summed E-state index contributed by atoms with van der Waals surface area (Å²) in [5.41, 5.74) is 1.80. The van der Waals surface area contributed by atoms with Crippen LogP contribution in [0.5, 0.6) is 11.5 Å². The lowest BCUT2D eigenvalue weighted by molar-refractivity contribution is -0.129. The molecule has 4 rings (SSSR count). The molecule has 0 aliphatic carbocycles. The molecule has 1 amide bonds. The van der Waals surface area contributed by atoms with Gasteiger partial charge in [0.1, 0.15) is 30.5 Å². The lowest BCUT2D eigenvalue weighted by Gasteiger charge is -2.28. The normalized spacial score (nSPS) is 15.3. The molecule has 0 radical (unpaired) electrons. The van der Waals surface area contributed by atoms with E-state index in [0.29, 0.717) is 43.3 Å². The molecule has 0 spiro atoms. The molecule has 0 saturated carbocycles. The Labute approximate surface area is 235 Å². The van der Waals surface area contributed by atoms with Gasteiger partial charge in [0, 0.05) is 6.54 Å². The number of hydrogen-bond acceptors (Lipinski definition) is 7. The number of hydrogen-bond donors (Lipinski definition) is 1. The van der Waals surface area contributed by atoms with E-state index in [0.717, 1.165) is 30.9 Å². The van der Waals surface area contributed by atoms with Crippen molar-refractivity contribution in [3.63, 3.8) is 0 Å². The quantitative estimate of drug-likeness (QED) is 0.206. The van der Waals surface area contributed by atoms with Crippen LogP contribution < -0.4 is 9.47 Å². The molecule has 1 aliphatic rings. The van der Waals surface area contributed by atoms with Gasteiger partial charge in [0.15, 0.2) is 11.5 Å². The van der Waals surface area contributed by atoms with E-state index in [1.165, 1.54) is 0 Å². The van der Waals surface area contributed by atoms with Crippen LogP contribution in [0.2, 0.25) is 0 Å². The SMILES string of the molecule is CCN(CC)CCCN1C(=O)C(O)=C(C(=O)c2ccc(C)o2)[C@@H]1c1ccc(OCCOc2ccccc2C)cc1. The molecule has 0 saturated heterocycles. The van der Waals surface area contributed by atoms with Gasteiger partial charge in [-0.15, -0.1) is 0 Å². The van der Waals surface area contributed by atoms with Crippen molar-refractivity contribution in [2.24, 2.45) is 0 Å². The third kappa shape index (κ3) is 6.57. The number of ether oxygens (including phenoxy) is 2. The van der Waals surface area contributed by atoms with Crippen LogP contribution in [-0.2, 0) is 4.79 Å². The summed E-state index contributed by atoms with van der Waals surface area (Å²) < 4.78 is 17.2. The van der Waals surface area contributed by atoms with Crippen LogP contribution in [0, 0.1) is 13.8 Å². The highest BCUT2D eigenvalue weighted by Crippen LogP contribution is 2.39. The topological polar surface area (TPSA) is 92.5 Å². The summed E-state index contributed by atoms with van der Waals surface area (Å²) in [5.74, 6) is 0.555. The molecule has 0 fully saturated rings.